The fourth-order valence-corrected chi connectivity index (χ4v) is 4.15. The van der Waals surface area contributed by atoms with Gasteiger partial charge in [-0.05, 0) is 35.8 Å². The van der Waals surface area contributed by atoms with Gasteiger partial charge in [-0.2, -0.15) is 0 Å². The summed E-state index contributed by atoms with van der Waals surface area (Å²) >= 11 is 0. The number of carboxylic acid groups (broad SMARTS) is 1. The number of aliphatic hydroxyl groups is 1. The van der Waals surface area contributed by atoms with Crippen LogP contribution in [0.25, 0.3) is 0 Å². The summed E-state index contributed by atoms with van der Waals surface area (Å²) in [6.07, 6.45) is -0.782. The van der Waals surface area contributed by atoms with Crippen LogP contribution in [0.2, 0.25) is 0 Å². The van der Waals surface area contributed by atoms with Gasteiger partial charge in [-0.15, -0.1) is 0 Å². The third kappa shape index (κ3) is 8.18. The van der Waals surface area contributed by atoms with Gasteiger partial charge >= 0.3 is 6.09 Å². The normalized spacial score (nSPS) is 15.2. The number of nitrogens with zero attached hydrogens (tertiary/aromatic N) is 1. The summed E-state index contributed by atoms with van der Waals surface area (Å²) in [7, 11) is 1.39. The summed E-state index contributed by atoms with van der Waals surface area (Å²) in [5.41, 5.74) is 7.73. The molecule has 0 aliphatic rings. The van der Waals surface area contributed by atoms with Crippen LogP contribution in [0.5, 0.6) is 0 Å². The van der Waals surface area contributed by atoms with Crippen molar-refractivity contribution in [2.24, 2.45) is 11.1 Å². The Morgan fingerprint density at radius 1 is 0.970 bits per heavy atom. The number of nitrogens with two attached hydrogens (primary N) is 1. The fraction of sp³-hybridized carbons (Fsp3) is 0.462. The number of hydrogen-bond acceptors (Lipinski definition) is 4. The van der Waals surface area contributed by atoms with Crippen LogP contribution in [0.4, 0.5) is 4.79 Å². The van der Waals surface area contributed by atoms with Crippen molar-refractivity contribution in [1.82, 2.24) is 10.2 Å². The summed E-state index contributed by atoms with van der Waals surface area (Å²) in [4.78, 5) is 25.9. The highest BCUT2D eigenvalue weighted by molar-refractivity contribution is 5.86. The van der Waals surface area contributed by atoms with E-state index in [1.54, 1.807) is 0 Å². The predicted molar refractivity (Wildman–Crippen MR) is 130 cm³/mol. The molecule has 5 N–H and O–H groups in total. The first kappa shape index (κ1) is 26.4. The highest BCUT2D eigenvalue weighted by atomic mass is 16.4. The number of likely N-dealkylation sites (N-methyl/N-ethyl adjacent to an activating group) is 1. The lowest BCUT2D eigenvalue weighted by Crippen LogP contribution is -2.58. The van der Waals surface area contributed by atoms with E-state index in [1.807, 2.05) is 81.4 Å². The third-order valence-electron chi connectivity index (χ3n) is 5.73. The van der Waals surface area contributed by atoms with E-state index in [0.29, 0.717) is 19.3 Å². The first-order chi connectivity index (χ1) is 15.5. The van der Waals surface area contributed by atoms with E-state index in [1.165, 1.54) is 7.05 Å². The Morgan fingerprint density at radius 2 is 1.45 bits per heavy atom. The van der Waals surface area contributed by atoms with Crippen molar-refractivity contribution in [3.8, 4) is 0 Å². The Labute approximate surface area is 196 Å². The van der Waals surface area contributed by atoms with Crippen LogP contribution in [0.3, 0.4) is 0 Å². The van der Waals surface area contributed by atoms with Gasteiger partial charge in [-0.3, -0.25) is 9.69 Å². The second-order valence-corrected chi connectivity index (χ2v) is 9.72. The molecule has 2 amide bonds. The van der Waals surface area contributed by atoms with Gasteiger partial charge in [0.25, 0.3) is 0 Å². The highest BCUT2D eigenvalue weighted by Gasteiger charge is 2.38. The fourth-order valence-electron chi connectivity index (χ4n) is 4.15. The number of rotatable bonds is 10. The molecule has 0 saturated carbocycles. The maximum Gasteiger partial charge on any atom is 0.407 e. The van der Waals surface area contributed by atoms with Gasteiger partial charge in [-0.25, -0.2) is 4.79 Å². The number of carbonyl (C=O) groups excluding carboxylic acids is 1. The van der Waals surface area contributed by atoms with E-state index in [0.717, 1.165) is 16.0 Å². The lowest BCUT2D eigenvalue weighted by Gasteiger charge is -2.37. The molecule has 180 valence electrons. The lowest BCUT2D eigenvalue weighted by atomic mass is 9.84. The van der Waals surface area contributed by atoms with Gasteiger partial charge in [0, 0.05) is 13.1 Å². The van der Waals surface area contributed by atoms with Crippen LogP contribution in [0.15, 0.2) is 60.7 Å². The molecule has 4 atom stereocenters. The summed E-state index contributed by atoms with van der Waals surface area (Å²) in [5, 5.41) is 23.5. The van der Waals surface area contributed by atoms with Gasteiger partial charge in [0.05, 0.1) is 12.1 Å². The molecule has 0 saturated heterocycles. The zero-order valence-corrected chi connectivity index (χ0v) is 19.9. The molecule has 0 aliphatic heterocycles. The Bertz CT molecular complexity index is 883. The molecule has 33 heavy (non-hydrogen) atoms. The van der Waals surface area contributed by atoms with Crippen molar-refractivity contribution in [3.63, 3.8) is 0 Å². The van der Waals surface area contributed by atoms with E-state index < -0.39 is 35.6 Å². The number of amides is 2. The molecule has 0 heterocycles. The standard InChI is InChI=1S/C26H37N3O4/c1-26(2,3)23(29(4)25(32)33)24(31)28-21(16-19-13-9-6-10-14-19)22(30)17-20(27)15-18-11-7-5-8-12-18/h5-14,20-23,30H,15-17,27H2,1-4H3,(H,28,31)(H,32,33)/t20-,21-,22+,23+/m0/s1. The van der Waals surface area contributed by atoms with E-state index in [2.05, 4.69) is 5.32 Å². The maximum atomic E-state index is 13.3. The summed E-state index contributed by atoms with van der Waals surface area (Å²) in [6, 6.07) is 17.6. The SMILES string of the molecule is CN(C(=O)O)[C@H](C(=O)N[C@@H](Cc1ccccc1)[C@H](O)C[C@@H](N)Cc1ccccc1)C(C)(C)C. The first-order valence-corrected chi connectivity index (χ1v) is 11.3. The van der Waals surface area contributed by atoms with Crippen molar-refractivity contribution in [2.45, 2.75) is 64.3 Å². The number of hydrogen-bond donors (Lipinski definition) is 4. The summed E-state index contributed by atoms with van der Waals surface area (Å²) < 4.78 is 0. The zero-order chi connectivity index (χ0) is 24.6. The van der Waals surface area contributed by atoms with Crippen LogP contribution in [0, 0.1) is 5.41 Å². The summed E-state index contributed by atoms with van der Waals surface area (Å²) in [5.74, 6) is -0.441. The predicted octanol–water partition coefficient (Wildman–Crippen LogP) is 3.06. The topological polar surface area (TPSA) is 116 Å². The maximum absolute atomic E-state index is 13.3. The van der Waals surface area contributed by atoms with Crippen LogP contribution in [-0.4, -0.2) is 58.4 Å². The van der Waals surface area contributed by atoms with Crippen molar-refractivity contribution in [2.75, 3.05) is 7.05 Å². The summed E-state index contributed by atoms with van der Waals surface area (Å²) in [6.45, 7) is 5.44. The van der Waals surface area contributed by atoms with Crippen LogP contribution < -0.4 is 11.1 Å². The largest absolute Gasteiger partial charge is 0.465 e. The Kier molecular flexibility index (Phi) is 9.44. The number of carbonyl (C=O) groups is 2. The number of nitrogens with one attached hydrogen (secondary N) is 1. The number of aliphatic hydroxyl groups excluding tert-OH is 1. The second kappa shape index (κ2) is 11.8. The molecule has 0 aromatic heterocycles. The molecular weight excluding hydrogens is 418 g/mol. The van der Waals surface area contributed by atoms with Gasteiger partial charge in [0.1, 0.15) is 6.04 Å². The Balaban J connectivity index is 2.19. The Morgan fingerprint density at radius 3 is 1.91 bits per heavy atom. The first-order valence-electron chi connectivity index (χ1n) is 11.3. The van der Waals surface area contributed by atoms with Gasteiger partial charge in [-0.1, -0.05) is 81.4 Å². The van der Waals surface area contributed by atoms with Crippen LogP contribution >= 0.6 is 0 Å². The molecule has 0 fully saturated rings. The van der Waals surface area contributed by atoms with E-state index in [4.69, 9.17) is 5.73 Å². The molecule has 0 spiro atoms. The highest BCUT2D eigenvalue weighted by Crippen LogP contribution is 2.25. The minimum Gasteiger partial charge on any atom is -0.465 e. The van der Waals surface area contributed by atoms with Gasteiger partial charge in [0.2, 0.25) is 5.91 Å². The molecular formula is C26H37N3O4. The molecule has 2 aromatic rings. The number of benzene rings is 2. The molecule has 0 bridgehead atoms. The van der Waals surface area contributed by atoms with E-state index in [9.17, 15) is 19.8 Å². The van der Waals surface area contributed by atoms with Crippen molar-refractivity contribution in [1.29, 1.82) is 0 Å². The van der Waals surface area contributed by atoms with Crippen LogP contribution in [0.1, 0.15) is 38.3 Å². The smallest absolute Gasteiger partial charge is 0.407 e. The monoisotopic (exact) mass is 455 g/mol. The minimum absolute atomic E-state index is 0.293. The molecule has 7 heteroatoms. The molecule has 0 radical (unpaired) electrons. The second-order valence-electron chi connectivity index (χ2n) is 9.72. The van der Waals surface area contributed by atoms with Crippen LogP contribution in [-0.2, 0) is 17.6 Å². The van der Waals surface area contributed by atoms with Gasteiger partial charge in [0.15, 0.2) is 0 Å². The lowest BCUT2D eigenvalue weighted by molar-refractivity contribution is -0.130. The van der Waals surface area contributed by atoms with Gasteiger partial charge < -0.3 is 21.3 Å². The molecule has 0 aliphatic carbocycles. The van der Waals surface area contributed by atoms with Crippen molar-refractivity contribution >= 4 is 12.0 Å². The average molecular weight is 456 g/mol. The minimum atomic E-state index is -1.19. The molecule has 0 unspecified atom stereocenters. The van der Waals surface area contributed by atoms with Crippen molar-refractivity contribution in [3.05, 3.63) is 71.8 Å². The zero-order valence-electron chi connectivity index (χ0n) is 19.9. The Hall–Kier alpha value is -2.90. The van der Waals surface area contributed by atoms with E-state index in [-0.39, 0.29) is 6.04 Å². The third-order valence-corrected chi connectivity index (χ3v) is 5.73. The molecule has 7 nitrogen and oxygen atoms in total. The molecule has 2 rings (SSSR count). The quantitative estimate of drug-likeness (QED) is 0.439. The average Bonchev–Trinajstić information content (AvgIpc) is 2.73. The van der Waals surface area contributed by atoms with E-state index >= 15 is 0 Å². The molecule has 2 aromatic carbocycles. The van der Waals surface area contributed by atoms with Crippen molar-refractivity contribution < 1.29 is 19.8 Å².